The monoisotopic (exact) mass is 825 g/mol. The lowest BCUT2D eigenvalue weighted by molar-refractivity contribution is -0.134. The fraction of sp³-hybridized carbons (Fsp3) is 0.444. The molecule has 1 unspecified atom stereocenters. The lowest BCUT2D eigenvalue weighted by Crippen LogP contribution is -2.52. The Balaban J connectivity index is 0.748. The van der Waals surface area contributed by atoms with E-state index in [9.17, 15) is 19.2 Å². The number of carbonyl (C=O) groups is 4. The van der Waals surface area contributed by atoms with Crippen LogP contribution in [0.15, 0.2) is 65.3 Å². The Hall–Kier alpha value is -6.29. The molecule has 5 aliphatic heterocycles. The van der Waals surface area contributed by atoms with Gasteiger partial charge < -0.3 is 40.1 Å². The lowest BCUT2D eigenvalue weighted by atomic mass is 9.88. The number of urea groups is 1. The number of nitrogens with zero attached hydrogens (tertiary/aromatic N) is 8. The summed E-state index contributed by atoms with van der Waals surface area (Å²) in [6.45, 7) is 7.83. The highest BCUT2D eigenvalue weighted by atomic mass is 16.5. The minimum atomic E-state index is -0.650. The third-order valence-corrected chi connectivity index (χ3v) is 13.5. The Morgan fingerprint density at radius 1 is 0.934 bits per heavy atom. The van der Waals surface area contributed by atoms with Crippen LogP contribution in [0.3, 0.4) is 0 Å². The van der Waals surface area contributed by atoms with E-state index in [2.05, 4.69) is 59.7 Å². The minimum absolute atomic E-state index is 0.0679. The van der Waals surface area contributed by atoms with E-state index in [0.717, 1.165) is 106 Å². The van der Waals surface area contributed by atoms with Crippen molar-refractivity contribution in [2.45, 2.75) is 56.4 Å². The first-order chi connectivity index (χ1) is 29.7. The van der Waals surface area contributed by atoms with Crippen LogP contribution in [0.5, 0.6) is 0 Å². The number of benzene rings is 3. The number of fused-ring (bicyclic) bond motifs is 3. The van der Waals surface area contributed by atoms with Crippen molar-refractivity contribution in [2.75, 3.05) is 81.1 Å². The van der Waals surface area contributed by atoms with Gasteiger partial charge in [0.1, 0.15) is 11.5 Å². The van der Waals surface area contributed by atoms with Gasteiger partial charge in [0, 0.05) is 70.9 Å². The molecule has 0 bridgehead atoms. The van der Waals surface area contributed by atoms with E-state index < -0.39 is 11.8 Å². The van der Waals surface area contributed by atoms with Gasteiger partial charge in [-0.3, -0.25) is 19.7 Å². The van der Waals surface area contributed by atoms with Gasteiger partial charge >= 0.3 is 6.03 Å². The summed E-state index contributed by atoms with van der Waals surface area (Å²) < 4.78 is 6.01. The van der Waals surface area contributed by atoms with Crippen LogP contribution < -0.4 is 26.2 Å². The number of primary amides is 1. The van der Waals surface area contributed by atoms with Gasteiger partial charge in [0.05, 0.1) is 29.2 Å². The number of piperidine rings is 3. The van der Waals surface area contributed by atoms with Gasteiger partial charge in [-0.1, -0.05) is 41.6 Å². The Labute approximate surface area is 353 Å². The van der Waals surface area contributed by atoms with Crippen molar-refractivity contribution in [2.24, 2.45) is 11.7 Å². The largest absolute Gasteiger partial charge is 0.368 e. The number of likely N-dealkylation sites (tertiary alicyclic amines) is 1. The zero-order valence-electron chi connectivity index (χ0n) is 34.4. The maximum atomic E-state index is 12.8. The predicted molar refractivity (Wildman–Crippen MR) is 231 cm³/mol. The number of carbonyl (C=O) groups excluding carboxylic acids is 4. The summed E-state index contributed by atoms with van der Waals surface area (Å²) in [5, 5.41) is 13.2. The van der Waals surface area contributed by atoms with E-state index >= 15 is 0 Å². The summed E-state index contributed by atoms with van der Waals surface area (Å²) in [5.74, 6) is 0.222. The number of hydrogen-bond donors (Lipinski definition) is 3. The second-order valence-electron chi connectivity index (χ2n) is 17.4. The first-order valence-corrected chi connectivity index (χ1v) is 21.6. The molecule has 61 heavy (non-hydrogen) atoms. The number of likely N-dealkylation sites (N-methyl/N-ethyl adjacent to an activating group) is 1. The standard InChI is InChI=1S/C45H51N11O5/c1-52-19-20-56(45(52)60)32-6-4-16-54(26-32)36-22-47-40(42(46)58)43(49-36)48-31-10-8-28(9-11-31)29-14-17-53(18-15-29)23-27-24-55(25-27)35-21-30-5-2-3-7-33(30)38-39(51-61-41(35)38)34-12-13-37(57)50-44(34)59/h2-3,5,7-11,21-22,27,29,32,34H,4,6,12-20,23-26H2,1H3,(H2,46,58)(H,48,49)(H,50,57,59)/t32-,34?/m1/s1. The van der Waals surface area contributed by atoms with E-state index in [1.54, 1.807) is 11.1 Å². The van der Waals surface area contributed by atoms with E-state index in [1.807, 2.05) is 42.3 Å². The predicted octanol–water partition coefficient (Wildman–Crippen LogP) is 4.79. The van der Waals surface area contributed by atoms with Crippen LogP contribution in [-0.4, -0.2) is 126 Å². The first-order valence-electron chi connectivity index (χ1n) is 21.6. The van der Waals surface area contributed by atoms with Crippen molar-refractivity contribution >= 4 is 68.5 Å². The molecule has 316 valence electrons. The summed E-state index contributed by atoms with van der Waals surface area (Å²) >= 11 is 0. The van der Waals surface area contributed by atoms with Crippen molar-refractivity contribution < 1.29 is 23.7 Å². The van der Waals surface area contributed by atoms with Gasteiger partial charge in [-0.25, -0.2) is 14.8 Å². The smallest absolute Gasteiger partial charge is 0.320 e. The van der Waals surface area contributed by atoms with Crippen molar-refractivity contribution in [3.8, 4) is 0 Å². The molecule has 4 N–H and O–H groups in total. The van der Waals surface area contributed by atoms with Crippen LogP contribution in [0.1, 0.15) is 72.1 Å². The summed E-state index contributed by atoms with van der Waals surface area (Å²) in [7, 11) is 1.84. The molecule has 2 aromatic heterocycles. The maximum Gasteiger partial charge on any atom is 0.320 e. The minimum Gasteiger partial charge on any atom is -0.368 e. The van der Waals surface area contributed by atoms with Gasteiger partial charge in [0.2, 0.25) is 11.8 Å². The van der Waals surface area contributed by atoms with E-state index in [0.29, 0.717) is 47.7 Å². The number of imide groups is 1. The Morgan fingerprint density at radius 3 is 2.49 bits per heavy atom. The van der Waals surface area contributed by atoms with Gasteiger partial charge in [-0.15, -0.1) is 0 Å². The van der Waals surface area contributed by atoms with Crippen molar-refractivity contribution in [3.05, 3.63) is 77.7 Å². The number of rotatable bonds is 10. The van der Waals surface area contributed by atoms with Crippen LogP contribution in [0.25, 0.3) is 21.7 Å². The molecule has 16 heteroatoms. The first kappa shape index (κ1) is 38.9. The second kappa shape index (κ2) is 16.0. The Kier molecular flexibility index (Phi) is 10.2. The number of hydrogen-bond acceptors (Lipinski definition) is 12. The molecular formula is C45H51N11O5. The highest BCUT2D eigenvalue weighted by Gasteiger charge is 2.37. The molecule has 5 aromatic rings. The summed E-state index contributed by atoms with van der Waals surface area (Å²) in [6, 6.07) is 18.9. The molecular weight excluding hydrogens is 775 g/mol. The SMILES string of the molecule is CN1CCN([C@@H]2CCCN(c3cnc(C(N)=O)c(Nc4ccc(C5CCN(CC6CN(c7cc8ccccc8c8c(C9CCC(=O)NC9=O)noc78)C6)CC5)cc4)n3)C2)C1=O. The van der Waals surface area contributed by atoms with Crippen LogP contribution >= 0.6 is 0 Å². The van der Waals surface area contributed by atoms with E-state index in [1.165, 1.54) is 5.56 Å². The summed E-state index contributed by atoms with van der Waals surface area (Å²) in [5.41, 5.74) is 10.2. The number of amides is 5. The van der Waals surface area contributed by atoms with Gasteiger partial charge in [0.25, 0.3) is 5.91 Å². The molecule has 16 nitrogen and oxygen atoms in total. The van der Waals surface area contributed by atoms with Crippen LogP contribution in [0.4, 0.5) is 27.8 Å². The third kappa shape index (κ3) is 7.46. The number of anilines is 4. The van der Waals surface area contributed by atoms with E-state index in [-0.39, 0.29) is 36.0 Å². The molecule has 5 saturated heterocycles. The third-order valence-electron chi connectivity index (χ3n) is 13.5. The molecule has 5 aliphatic rings. The second-order valence-corrected chi connectivity index (χ2v) is 17.4. The quantitative estimate of drug-likeness (QED) is 0.164. The average molecular weight is 826 g/mol. The summed E-state index contributed by atoms with van der Waals surface area (Å²) in [6.07, 6.45) is 6.33. The maximum absolute atomic E-state index is 12.8. The summed E-state index contributed by atoms with van der Waals surface area (Å²) in [4.78, 5) is 69.9. The highest BCUT2D eigenvalue weighted by molar-refractivity contribution is 6.14. The fourth-order valence-electron chi connectivity index (χ4n) is 10.1. The molecule has 5 fully saturated rings. The van der Waals surface area contributed by atoms with Crippen molar-refractivity contribution in [1.82, 2.24) is 35.1 Å². The molecule has 0 radical (unpaired) electrons. The number of nitrogens with one attached hydrogen (secondary N) is 2. The average Bonchev–Trinajstić information content (AvgIpc) is 3.85. The molecule has 7 heterocycles. The Bertz CT molecular complexity index is 2510. The number of nitrogens with two attached hydrogens (primary N) is 1. The van der Waals surface area contributed by atoms with Crippen molar-refractivity contribution in [1.29, 1.82) is 0 Å². The molecule has 5 amide bonds. The fourth-order valence-corrected chi connectivity index (χ4v) is 10.1. The highest BCUT2D eigenvalue weighted by Crippen LogP contribution is 2.42. The molecule has 10 rings (SSSR count). The topological polar surface area (TPSA) is 186 Å². The normalized spacial score (nSPS) is 22.0. The van der Waals surface area contributed by atoms with E-state index in [4.69, 9.17) is 15.2 Å². The number of aromatic nitrogens is 3. The molecule has 0 aliphatic carbocycles. The van der Waals surface area contributed by atoms with Crippen LogP contribution in [0.2, 0.25) is 0 Å². The molecule has 2 atom stereocenters. The van der Waals surface area contributed by atoms with Crippen LogP contribution in [0, 0.1) is 5.92 Å². The zero-order valence-corrected chi connectivity index (χ0v) is 34.4. The van der Waals surface area contributed by atoms with Crippen molar-refractivity contribution in [3.63, 3.8) is 0 Å². The van der Waals surface area contributed by atoms with Crippen LogP contribution in [-0.2, 0) is 9.59 Å². The zero-order chi connectivity index (χ0) is 41.8. The van der Waals surface area contributed by atoms with Gasteiger partial charge in [-0.05, 0) is 85.6 Å². The molecule has 3 aromatic carbocycles. The molecule has 0 spiro atoms. The Morgan fingerprint density at radius 2 is 1.74 bits per heavy atom. The van der Waals surface area contributed by atoms with Gasteiger partial charge in [-0.2, -0.15) is 0 Å². The lowest BCUT2D eigenvalue weighted by Gasteiger charge is -2.44. The molecule has 0 saturated carbocycles. The van der Waals surface area contributed by atoms with Gasteiger partial charge in [0.15, 0.2) is 17.1 Å².